The zero-order chi connectivity index (χ0) is 13.5. The van der Waals surface area contributed by atoms with E-state index in [-0.39, 0.29) is 0 Å². The average Bonchev–Trinajstić information content (AvgIpc) is 3.23. The second kappa shape index (κ2) is 4.34. The highest BCUT2D eigenvalue weighted by atomic mass is 15.3. The lowest BCUT2D eigenvalue weighted by atomic mass is 10.1. The van der Waals surface area contributed by atoms with Gasteiger partial charge in [0.1, 0.15) is 5.82 Å². The maximum Gasteiger partial charge on any atom is 0.126 e. The molecule has 4 nitrogen and oxygen atoms in total. The van der Waals surface area contributed by atoms with Gasteiger partial charge in [-0.15, -0.1) is 0 Å². The van der Waals surface area contributed by atoms with Crippen molar-refractivity contribution in [2.45, 2.75) is 18.9 Å². The third-order valence-electron chi connectivity index (χ3n) is 3.83. The van der Waals surface area contributed by atoms with Crippen LogP contribution in [0.2, 0.25) is 0 Å². The summed E-state index contributed by atoms with van der Waals surface area (Å²) >= 11 is 0. The molecule has 1 N–H and O–H groups in total. The van der Waals surface area contributed by atoms with Crippen LogP contribution in [0.15, 0.2) is 42.9 Å². The fraction of sp³-hybridized carbons (Fsp3) is 0.250. The molecule has 4 rings (SSSR count). The maximum absolute atomic E-state index is 4.46. The van der Waals surface area contributed by atoms with Crippen molar-refractivity contribution >= 4 is 16.6 Å². The smallest absolute Gasteiger partial charge is 0.126 e. The molecule has 0 atom stereocenters. The second-order valence-electron chi connectivity index (χ2n) is 5.32. The molecule has 1 aliphatic carbocycles. The monoisotopic (exact) mass is 264 g/mol. The van der Waals surface area contributed by atoms with E-state index < -0.39 is 0 Å². The first kappa shape index (κ1) is 11.5. The number of rotatable bonds is 3. The quantitative estimate of drug-likeness (QED) is 0.787. The van der Waals surface area contributed by atoms with E-state index in [1.807, 2.05) is 19.4 Å². The Kier molecular flexibility index (Phi) is 2.49. The van der Waals surface area contributed by atoms with E-state index in [9.17, 15) is 0 Å². The van der Waals surface area contributed by atoms with Crippen LogP contribution in [0.4, 0.5) is 5.82 Å². The summed E-state index contributed by atoms with van der Waals surface area (Å²) < 4.78 is 2.09. The summed E-state index contributed by atoms with van der Waals surface area (Å²) in [6, 6.07) is 9.16. The minimum atomic E-state index is 0.629. The van der Waals surface area contributed by atoms with Gasteiger partial charge in [0.05, 0.1) is 12.2 Å². The molecule has 0 bridgehead atoms. The lowest BCUT2D eigenvalue weighted by Crippen LogP contribution is -1.92. The summed E-state index contributed by atoms with van der Waals surface area (Å²) in [7, 11) is 1.89. The Hall–Kier alpha value is -2.36. The van der Waals surface area contributed by atoms with Gasteiger partial charge in [-0.3, -0.25) is 4.68 Å². The normalized spacial score (nSPS) is 14.7. The molecular formula is C16H16N4. The van der Waals surface area contributed by atoms with Crippen LogP contribution in [0, 0.1) is 0 Å². The van der Waals surface area contributed by atoms with Gasteiger partial charge in [0.2, 0.25) is 0 Å². The Morgan fingerprint density at radius 1 is 1.10 bits per heavy atom. The molecule has 20 heavy (non-hydrogen) atoms. The topological polar surface area (TPSA) is 42.7 Å². The van der Waals surface area contributed by atoms with Crippen molar-refractivity contribution in [1.82, 2.24) is 14.8 Å². The number of hydrogen-bond donors (Lipinski definition) is 1. The molecule has 1 aliphatic rings. The van der Waals surface area contributed by atoms with Gasteiger partial charge in [-0.25, -0.2) is 4.98 Å². The van der Waals surface area contributed by atoms with Crippen molar-refractivity contribution in [3.8, 4) is 11.1 Å². The standard InChI is InChI=1S/C16H16N4/c1-17-16-7-13-6-11(2-3-12(13)8-18-16)14-9-19-20(10-14)15-4-5-15/h2-3,6-10,15H,4-5H2,1H3,(H,17,18). The van der Waals surface area contributed by atoms with Crippen molar-refractivity contribution in [2.75, 3.05) is 12.4 Å². The SMILES string of the molecule is CNc1cc2cc(-c3cnn(C4CC4)c3)ccc2cn1. The Morgan fingerprint density at radius 2 is 2.00 bits per heavy atom. The molecule has 0 saturated heterocycles. The molecule has 2 heterocycles. The molecule has 2 aromatic heterocycles. The van der Waals surface area contributed by atoms with Crippen LogP contribution in [-0.4, -0.2) is 21.8 Å². The second-order valence-corrected chi connectivity index (χ2v) is 5.32. The molecule has 1 aromatic carbocycles. The number of nitrogens with zero attached hydrogens (tertiary/aromatic N) is 3. The average molecular weight is 264 g/mol. The molecule has 1 saturated carbocycles. The van der Waals surface area contributed by atoms with E-state index in [1.54, 1.807) is 0 Å². The number of fused-ring (bicyclic) bond motifs is 1. The minimum absolute atomic E-state index is 0.629. The first-order valence-corrected chi connectivity index (χ1v) is 6.95. The summed E-state index contributed by atoms with van der Waals surface area (Å²) in [6.07, 6.45) is 8.53. The summed E-state index contributed by atoms with van der Waals surface area (Å²) in [4.78, 5) is 4.34. The summed E-state index contributed by atoms with van der Waals surface area (Å²) in [6.45, 7) is 0. The van der Waals surface area contributed by atoms with E-state index in [4.69, 9.17) is 0 Å². The van der Waals surface area contributed by atoms with E-state index in [1.165, 1.54) is 29.4 Å². The molecule has 0 amide bonds. The number of pyridine rings is 1. The van der Waals surface area contributed by atoms with Gasteiger partial charge in [0.15, 0.2) is 0 Å². The van der Waals surface area contributed by atoms with Crippen molar-refractivity contribution in [3.63, 3.8) is 0 Å². The predicted octanol–water partition coefficient (Wildman–Crippen LogP) is 3.47. The molecule has 4 heteroatoms. The van der Waals surface area contributed by atoms with Crippen LogP contribution in [0.5, 0.6) is 0 Å². The van der Waals surface area contributed by atoms with Gasteiger partial charge in [-0.05, 0) is 35.9 Å². The highest BCUT2D eigenvalue weighted by Crippen LogP contribution is 2.35. The molecule has 0 radical (unpaired) electrons. The third-order valence-corrected chi connectivity index (χ3v) is 3.83. The number of anilines is 1. The number of nitrogens with one attached hydrogen (secondary N) is 1. The van der Waals surface area contributed by atoms with Gasteiger partial charge >= 0.3 is 0 Å². The molecular weight excluding hydrogens is 248 g/mol. The minimum Gasteiger partial charge on any atom is -0.373 e. The Morgan fingerprint density at radius 3 is 2.80 bits per heavy atom. The fourth-order valence-corrected chi connectivity index (χ4v) is 2.48. The molecule has 3 aromatic rings. The summed E-state index contributed by atoms with van der Waals surface area (Å²) in [5.74, 6) is 0.892. The maximum atomic E-state index is 4.46. The Labute approximate surface area is 117 Å². The van der Waals surface area contributed by atoms with Gasteiger partial charge < -0.3 is 5.32 Å². The van der Waals surface area contributed by atoms with Crippen LogP contribution in [0.3, 0.4) is 0 Å². The van der Waals surface area contributed by atoms with Crippen LogP contribution in [-0.2, 0) is 0 Å². The zero-order valence-corrected chi connectivity index (χ0v) is 11.4. The first-order valence-electron chi connectivity index (χ1n) is 6.95. The molecule has 0 aliphatic heterocycles. The van der Waals surface area contributed by atoms with Crippen LogP contribution >= 0.6 is 0 Å². The van der Waals surface area contributed by atoms with Gasteiger partial charge in [-0.1, -0.05) is 12.1 Å². The van der Waals surface area contributed by atoms with Gasteiger partial charge in [0, 0.05) is 30.4 Å². The molecule has 1 fully saturated rings. The first-order chi connectivity index (χ1) is 9.83. The highest BCUT2D eigenvalue weighted by Gasteiger charge is 2.24. The van der Waals surface area contributed by atoms with E-state index in [0.29, 0.717) is 6.04 Å². The van der Waals surface area contributed by atoms with Gasteiger partial charge in [-0.2, -0.15) is 5.10 Å². The summed E-state index contributed by atoms with van der Waals surface area (Å²) in [5, 5.41) is 9.89. The fourth-order valence-electron chi connectivity index (χ4n) is 2.48. The highest BCUT2D eigenvalue weighted by molar-refractivity contribution is 5.88. The van der Waals surface area contributed by atoms with Crippen LogP contribution < -0.4 is 5.32 Å². The number of aromatic nitrogens is 3. The van der Waals surface area contributed by atoms with Crippen molar-refractivity contribution in [3.05, 3.63) is 42.9 Å². The lowest BCUT2D eigenvalue weighted by molar-refractivity contribution is 0.642. The number of benzene rings is 1. The van der Waals surface area contributed by atoms with Crippen molar-refractivity contribution in [1.29, 1.82) is 0 Å². The van der Waals surface area contributed by atoms with Crippen LogP contribution in [0.25, 0.3) is 21.9 Å². The van der Waals surface area contributed by atoms with E-state index >= 15 is 0 Å². The van der Waals surface area contributed by atoms with Gasteiger partial charge in [0.25, 0.3) is 0 Å². The predicted molar refractivity (Wildman–Crippen MR) is 80.8 cm³/mol. The third kappa shape index (κ3) is 1.93. The van der Waals surface area contributed by atoms with Crippen LogP contribution in [0.1, 0.15) is 18.9 Å². The van der Waals surface area contributed by atoms with Crippen molar-refractivity contribution in [2.24, 2.45) is 0 Å². The molecule has 0 unspecified atom stereocenters. The van der Waals surface area contributed by atoms with E-state index in [2.05, 4.69) is 50.5 Å². The molecule has 0 spiro atoms. The van der Waals surface area contributed by atoms with E-state index in [0.717, 1.165) is 11.2 Å². The largest absolute Gasteiger partial charge is 0.373 e. The Bertz CT molecular complexity index is 771. The lowest BCUT2D eigenvalue weighted by Gasteiger charge is -2.04. The number of hydrogen-bond acceptors (Lipinski definition) is 3. The zero-order valence-electron chi connectivity index (χ0n) is 11.4. The Balaban J connectivity index is 1.77. The summed E-state index contributed by atoms with van der Waals surface area (Å²) in [5.41, 5.74) is 2.39. The molecule has 100 valence electrons. The van der Waals surface area contributed by atoms with Crippen molar-refractivity contribution < 1.29 is 0 Å².